The van der Waals surface area contributed by atoms with Crippen LogP contribution in [0.25, 0.3) is 0 Å². The van der Waals surface area contributed by atoms with Crippen LogP contribution in [0.5, 0.6) is 11.5 Å². The Morgan fingerprint density at radius 3 is 2.41 bits per heavy atom. The van der Waals surface area contributed by atoms with Crippen molar-refractivity contribution in [3.05, 3.63) is 53.6 Å². The molecule has 9 nitrogen and oxygen atoms in total. The van der Waals surface area contributed by atoms with Crippen LogP contribution < -0.4 is 20.1 Å². The van der Waals surface area contributed by atoms with Crippen LogP contribution in [0.15, 0.2) is 47.4 Å². The normalized spacial score (nSPS) is 16.5. The smallest absolute Gasteiger partial charge is 0.251 e. The topological polar surface area (TPSA) is 114 Å². The molecule has 3 rings (SSSR count). The van der Waals surface area contributed by atoms with Crippen molar-refractivity contribution in [1.82, 2.24) is 14.9 Å². The first-order valence-corrected chi connectivity index (χ1v) is 12.6. The predicted molar refractivity (Wildman–Crippen MR) is 127 cm³/mol. The number of nitrogens with zero attached hydrogens (tertiary/aromatic N) is 1. The van der Waals surface area contributed by atoms with Gasteiger partial charge in [0, 0.05) is 24.7 Å². The average Bonchev–Trinajstić information content (AvgIpc) is 2.86. The Hall–Kier alpha value is -3.11. The Balaban J connectivity index is 1.64. The number of benzene rings is 2. The summed E-state index contributed by atoms with van der Waals surface area (Å²) in [7, 11) is -0.878. The fourth-order valence-corrected chi connectivity index (χ4v) is 5.73. The van der Waals surface area contributed by atoms with Crippen LogP contribution in [0.1, 0.15) is 42.1 Å². The predicted octanol–water partition coefficient (Wildman–Crippen LogP) is 2.31. The van der Waals surface area contributed by atoms with E-state index in [-0.39, 0.29) is 34.7 Å². The lowest BCUT2D eigenvalue weighted by molar-refractivity contribution is -0.120. The van der Waals surface area contributed by atoms with Crippen LogP contribution in [-0.4, -0.2) is 57.9 Å². The fourth-order valence-electron chi connectivity index (χ4n) is 3.84. The lowest BCUT2D eigenvalue weighted by Gasteiger charge is -2.32. The minimum Gasteiger partial charge on any atom is -0.497 e. The van der Waals surface area contributed by atoms with Crippen LogP contribution in [0, 0.1) is 0 Å². The summed E-state index contributed by atoms with van der Waals surface area (Å²) in [4.78, 5) is 24.8. The summed E-state index contributed by atoms with van der Waals surface area (Å²) in [6, 6.07) is 11.4. The second kappa shape index (κ2) is 11.3. The molecule has 2 aromatic rings. The zero-order chi connectivity index (χ0) is 24.7. The van der Waals surface area contributed by atoms with Crippen molar-refractivity contribution in [2.24, 2.45) is 0 Å². The Morgan fingerprint density at radius 2 is 1.76 bits per heavy atom. The van der Waals surface area contributed by atoms with E-state index in [2.05, 4.69) is 10.6 Å². The summed E-state index contributed by atoms with van der Waals surface area (Å²) in [5.74, 6) is -0.0254. The van der Waals surface area contributed by atoms with Crippen molar-refractivity contribution >= 4 is 21.8 Å². The number of piperidine rings is 1. The first-order valence-electron chi connectivity index (χ1n) is 11.1. The molecule has 0 aliphatic carbocycles. The molecule has 184 valence electrons. The summed E-state index contributed by atoms with van der Waals surface area (Å²) >= 11 is 0. The molecule has 1 heterocycles. The zero-order valence-corrected chi connectivity index (χ0v) is 20.5. The number of nitrogens with one attached hydrogen (secondary N) is 2. The molecule has 0 spiro atoms. The Morgan fingerprint density at radius 1 is 1.03 bits per heavy atom. The molecule has 0 saturated carbocycles. The highest BCUT2D eigenvalue weighted by molar-refractivity contribution is 7.89. The van der Waals surface area contributed by atoms with Gasteiger partial charge in [-0.25, -0.2) is 8.42 Å². The van der Waals surface area contributed by atoms with Gasteiger partial charge in [0.25, 0.3) is 5.91 Å². The van der Waals surface area contributed by atoms with E-state index < -0.39 is 15.9 Å². The Kier molecular flexibility index (Phi) is 8.51. The molecule has 34 heavy (non-hydrogen) atoms. The van der Waals surface area contributed by atoms with Crippen molar-refractivity contribution in [2.45, 2.75) is 43.7 Å². The highest BCUT2D eigenvalue weighted by Gasteiger charge is 2.33. The van der Waals surface area contributed by atoms with E-state index in [0.717, 1.165) is 30.6 Å². The van der Waals surface area contributed by atoms with Gasteiger partial charge in [-0.2, -0.15) is 4.31 Å². The molecule has 0 aromatic heterocycles. The van der Waals surface area contributed by atoms with Crippen LogP contribution in [-0.2, 0) is 21.4 Å². The first-order chi connectivity index (χ1) is 16.3. The van der Waals surface area contributed by atoms with Gasteiger partial charge < -0.3 is 20.1 Å². The van der Waals surface area contributed by atoms with Crippen molar-refractivity contribution in [3.63, 3.8) is 0 Å². The van der Waals surface area contributed by atoms with E-state index in [1.54, 1.807) is 19.2 Å². The zero-order valence-electron chi connectivity index (χ0n) is 19.7. The number of ether oxygens (including phenoxy) is 2. The number of methoxy groups -OCH3 is 2. The van der Waals surface area contributed by atoms with Crippen LogP contribution >= 0.6 is 0 Å². The maximum atomic E-state index is 13.3. The third-order valence-electron chi connectivity index (χ3n) is 5.81. The largest absolute Gasteiger partial charge is 0.497 e. The van der Waals surface area contributed by atoms with Crippen molar-refractivity contribution in [2.75, 3.05) is 27.3 Å². The van der Waals surface area contributed by atoms with Crippen molar-refractivity contribution in [3.8, 4) is 11.5 Å². The molecule has 10 heteroatoms. The monoisotopic (exact) mass is 489 g/mol. The summed E-state index contributed by atoms with van der Waals surface area (Å²) in [6.07, 6.45) is 2.55. The molecule has 1 aliphatic heterocycles. The van der Waals surface area contributed by atoms with Crippen LogP contribution in [0.4, 0.5) is 0 Å². The van der Waals surface area contributed by atoms with Gasteiger partial charge >= 0.3 is 0 Å². The minimum atomic E-state index is -3.85. The fraction of sp³-hybridized carbons (Fsp3) is 0.417. The van der Waals surface area contributed by atoms with Gasteiger partial charge in [-0.1, -0.05) is 18.6 Å². The highest BCUT2D eigenvalue weighted by Crippen LogP contribution is 2.31. The number of carbonyl (C=O) groups excluding carboxylic acids is 2. The molecule has 1 atom stereocenters. The molecular weight excluding hydrogens is 458 g/mol. The summed E-state index contributed by atoms with van der Waals surface area (Å²) in [5, 5.41) is 5.27. The number of carbonyl (C=O) groups is 2. The molecule has 2 N–H and O–H groups in total. The van der Waals surface area contributed by atoms with E-state index in [1.165, 1.54) is 29.6 Å². The lowest BCUT2D eigenvalue weighted by atomic mass is 10.1. The van der Waals surface area contributed by atoms with Crippen molar-refractivity contribution in [1.29, 1.82) is 0 Å². The molecule has 1 fully saturated rings. The molecule has 0 radical (unpaired) electrons. The maximum Gasteiger partial charge on any atom is 0.251 e. The lowest BCUT2D eigenvalue weighted by Crippen LogP contribution is -2.42. The third-order valence-corrected chi connectivity index (χ3v) is 7.85. The number of rotatable bonds is 9. The van der Waals surface area contributed by atoms with Gasteiger partial charge in [0.05, 0.1) is 20.8 Å². The van der Waals surface area contributed by atoms with Gasteiger partial charge in [0.2, 0.25) is 15.9 Å². The molecular formula is C24H31N3O6S. The third kappa shape index (κ3) is 6.06. The molecule has 1 unspecified atom stereocenters. The second-order valence-corrected chi connectivity index (χ2v) is 9.99. The summed E-state index contributed by atoms with van der Waals surface area (Å²) in [6.45, 7) is 2.37. The maximum absolute atomic E-state index is 13.3. The standard InChI is InChI=1S/C24H31N3O6S/c1-17-6-4-5-13-27(17)34(30,31)22-14-19(9-12-21(22)33-3)24(29)26-16-23(28)25-15-18-7-10-20(32-2)11-8-18/h7-12,14,17H,4-6,13,15-16H2,1-3H3,(H,25,28)(H,26,29). The minimum absolute atomic E-state index is 0.0552. The number of amides is 2. The van der Waals surface area contributed by atoms with E-state index in [4.69, 9.17) is 9.47 Å². The summed E-state index contributed by atoms with van der Waals surface area (Å²) in [5.41, 5.74) is 1.02. The number of hydrogen-bond donors (Lipinski definition) is 2. The summed E-state index contributed by atoms with van der Waals surface area (Å²) < 4.78 is 38.5. The van der Waals surface area contributed by atoms with Gasteiger partial charge in [0.1, 0.15) is 16.4 Å². The van der Waals surface area contributed by atoms with Gasteiger partial charge in [0.15, 0.2) is 0 Å². The molecule has 1 saturated heterocycles. The van der Waals surface area contributed by atoms with Gasteiger partial charge in [-0.15, -0.1) is 0 Å². The second-order valence-electron chi connectivity index (χ2n) is 8.13. The van der Waals surface area contributed by atoms with E-state index in [1.807, 2.05) is 19.1 Å². The molecule has 2 amide bonds. The molecule has 0 bridgehead atoms. The van der Waals surface area contributed by atoms with Crippen molar-refractivity contribution < 1.29 is 27.5 Å². The van der Waals surface area contributed by atoms with Crippen LogP contribution in [0.2, 0.25) is 0 Å². The van der Waals surface area contributed by atoms with E-state index >= 15 is 0 Å². The Bertz CT molecular complexity index is 1120. The van der Waals surface area contributed by atoms with E-state index in [9.17, 15) is 18.0 Å². The van der Waals surface area contributed by atoms with E-state index in [0.29, 0.717) is 13.1 Å². The number of sulfonamides is 1. The number of hydrogen-bond acceptors (Lipinski definition) is 6. The molecule has 2 aromatic carbocycles. The average molecular weight is 490 g/mol. The van der Waals surface area contributed by atoms with Crippen LogP contribution in [0.3, 0.4) is 0 Å². The first kappa shape index (κ1) is 25.5. The Labute approximate surface area is 200 Å². The highest BCUT2D eigenvalue weighted by atomic mass is 32.2. The van der Waals surface area contributed by atoms with Gasteiger partial charge in [-0.3, -0.25) is 9.59 Å². The van der Waals surface area contributed by atoms with Gasteiger partial charge in [-0.05, 0) is 55.7 Å². The quantitative estimate of drug-likeness (QED) is 0.559. The SMILES string of the molecule is COc1ccc(CNC(=O)CNC(=O)c2ccc(OC)c(S(=O)(=O)N3CCCCC3C)c2)cc1. The molecule has 1 aliphatic rings.